The Morgan fingerprint density at radius 3 is 2.53 bits per heavy atom. The summed E-state index contributed by atoms with van der Waals surface area (Å²) in [5.74, 6) is 0.747. The molecule has 8 nitrogen and oxygen atoms in total. The molecule has 1 unspecified atom stereocenters. The average Bonchev–Trinajstić information content (AvgIpc) is 2.64. The molecule has 1 aromatic rings. The van der Waals surface area contributed by atoms with E-state index in [1.54, 1.807) is 0 Å². The topological polar surface area (TPSA) is 112 Å². The van der Waals surface area contributed by atoms with Crippen LogP contribution in [0, 0.1) is 5.92 Å². The smallest absolute Gasteiger partial charge is 0.387 e. The van der Waals surface area contributed by atoms with Crippen molar-refractivity contribution in [3.63, 3.8) is 0 Å². The number of hydrogen-bond acceptors (Lipinski definition) is 5. The summed E-state index contributed by atoms with van der Waals surface area (Å²) in [6.45, 7) is 0.194. The van der Waals surface area contributed by atoms with Crippen molar-refractivity contribution >= 4 is 16.0 Å². The second-order valence-electron chi connectivity index (χ2n) is 7.07. The zero-order valence-electron chi connectivity index (χ0n) is 17.0. The van der Waals surface area contributed by atoms with Crippen LogP contribution in [0.25, 0.3) is 0 Å². The Morgan fingerprint density at radius 1 is 1.27 bits per heavy atom. The van der Waals surface area contributed by atoms with Crippen molar-refractivity contribution in [3.05, 3.63) is 29.8 Å². The van der Waals surface area contributed by atoms with Crippen LogP contribution in [0.2, 0.25) is 0 Å². The van der Waals surface area contributed by atoms with Crippen LogP contribution in [-0.2, 0) is 10.0 Å². The van der Waals surface area contributed by atoms with E-state index >= 15 is 0 Å². The third-order valence-corrected chi connectivity index (χ3v) is 6.08. The SMILES string of the molecule is CCNC(=NCC(O)c1ccc(OC(F)F)cc1)NCCS(=O)(=O)NCC1CCC1. The van der Waals surface area contributed by atoms with Gasteiger partial charge in [-0.15, -0.1) is 0 Å². The number of halogens is 2. The van der Waals surface area contributed by atoms with Crippen LogP contribution < -0.4 is 20.1 Å². The van der Waals surface area contributed by atoms with Gasteiger partial charge < -0.3 is 20.5 Å². The van der Waals surface area contributed by atoms with Crippen molar-refractivity contribution in [3.8, 4) is 5.75 Å². The van der Waals surface area contributed by atoms with Gasteiger partial charge in [-0.25, -0.2) is 13.1 Å². The zero-order chi connectivity index (χ0) is 22.0. The Hall–Kier alpha value is -1.98. The molecule has 0 aliphatic heterocycles. The molecule has 1 saturated carbocycles. The fraction of sp³-hybridized carbons (Fsp3) is 0.632. The summed E-state index contributed by atoms with van der Waals surface area (Å²) in [4.78, 5) is 4.25. The van der Waals surface area contributed by atoms with E-state index in [1.165, 1.54) is 24.3 Å². The minimum atomic E-state index is -3.36. The molecule has 1 aliphatic rings. The number of rotatable bonds is 12. The first-order valence-electron chi connectivity index (χ1n) is 10.0. The lowest BCUT2D eigenvalue weighted by atomic mass is 9.86. The van der Waals surface area contributed by atoms with Gasteiger partial charge in [0.05, 0.1) is 18.4 Å². The number of sulfonamides is 1. The zero-order valence-corrected chi connectivity index (χ0v) is 17.8. The van der Waals surface area contributed by atoms with Crippen molar-refractivity contribution in [2.45, 2.75) is 38.9 Å². The number of nitrogens with zero attached hydrogens (tertiary/aromatic N) is 1. The van der Waals surface area contributed by atoms with E-state index in [0.29, 0.717) is 30.5 Å². The molecule has 2 rings (SSSR count). The summed E-state index contributed by atoms with van der Waals surface area (Å²) < 4.78 is 55.4. The highest BCUT2D eigenvalue weighted by Crippen LogP contribution is 2.25. The van der Waals surface area contributed by atoms with E-state index in [2.05, 4.69) is 25.1 Å². The van der Waals surface area contributed by atoms with Crippen LogP contribution in [0.3, 0.4) is 0 Å². The lowest BCUT2D eigenvalue weighted by Crippen LogP contribution is -2.42. The van der Waals surface area contributed by atoms with Gasteiger partial charge in [0.2, 0.25) is 10.0 Å². The molecule has 0 heterocycles. The molecule has 0 radical (unpaired) electrons. The first-order chi connectivity index (χ1) is 14.3. The van der Waals surface area contributed by atoms with Crippen LogP contribution in [0.15, 0.2) is 29.3 Å². The molecule has 1 atom stereocenters. The molecule has 0 spiro atoms. The van der Waals surface area contributed by atoms with E-state index in [1.807, 2.05) is 6.92 Å². The van der Waals surface area contributed by atoms with Crippen LogP contribution in [0.5, 0.6) is 5.75 Å². The molecular formula is C19H30F2N4O4S. The molecule has 30 heavy (non-hydrogen) atoms. The van der Waals surface area contributed by atoms with E-state index in [0.717, 1.165) is 19.3 Å². The first kappa shape index (κ1) is 24.3. The van der Waals surface area contributed by atoms with Crippen molar-refractivity contribution in [2.24, 2.45) is 10.9 Å². The number of alkyl halides is 2. The molecule has 0 aromatic heterocycles. The molecule has 1 fully saturated rings. The number of aliphatic imine (C=N–C) groups is 1. The third-order valence-electron chi connectivity index (χ3n) is 4.74. The maximum atomic E-state index is 12.2. The highest BCUT2D eigenvalue weighted by Gasteiger charge is 2.20. The van der Waals surface area contributed by atoms with Crippen molar-refractivity contribution < 1.29 is 27.0 Å². The fourth-order valence-corrected chi connectivity index (χ4v) is 3.82. The Bertz CT molecular complexity index is 771. The highest BCUT2D eigenvalue weighted by molar-refractivity contribution is 7.89. The highest BCUT2D eigenvalue weighted by atomic mass is 32.2. The summed E-state index contributed by atoms with van der Waals surface area (Å²) >= 11 is 0. The lowest BCUT2D eigenvalue weighted by Gasteiger charge is -2.25. The number of aliphatic hydroxyl groups is 1. The summed E-state index contributed by atoms with van der Waals surface area (Å²) in [7, 11) is -3.36. The number of ether oxygens (including phenoxy) is 1. The van der Waals surface area contributed by atoms with Gasteiger partial charge in [0.25, 0.3) is 0 Å². The van der Waals surface area contributed by atoms with Crippen LogP contribution >= 0.6 is 0 Å². The second kappa shape index (κ2) is 12.0. The van der Waals surface area contributed by atoms with Crippen LogP contribution in [0.1, 0.15) is 37.9 Å². The summed E-state index contributed by atoms with van der Waals surface area (Å²) in [5, 5.41) is 16.2. The van der Waals surface area contributed by atoms with Crippen LogP contribution in [0.4, 0.5) is 8.78 Å². The molecule has 0 bridgehead atoms. The van der Waals surface area contributed by atoms with Gasteiger partial charge >= 0.3 is 6.61 Å². The summed E-state index contributed by atoms with van der Waals surface area (Å²) in [6.07, 6.45) is 2.36. The van der Waals surface area contributed by atoms with Crippen molar-refractivity contribution in [1.29, 1.82) is 0 Å². The maximum Gasteiger partial charge on any atom is 0.387 e. The van der Waals surface area contributed by atoms with Gasteiger partial charge in [-0.05, 0) is 43.4 Å². The predicted octanol–water partition coefficient (Wildman–Crippen LogP) is 1.60. The molecule has 1 aliphatic carbocycles. The summed E-state index contributed by atoms with van der Waals surface area (Å²) in [6, 6.07) is 5.66. The number of benzene rings is 1. The molecule has 170 valence electrons. The first-order valence-corrected chi connectivity index (χ1v) is 11.7. The molecular weight excluding hydrogens is 418 g/mol. The molecule has 0 saturated heterocycles. The fourth-order valence-electron chi connectivity index (χ4n) is 2.81. The van der Waals surface area contributed by atoms with E-state index in [-0.39, 0.29) is 24.6 Å². The van der Waals surface area contributed by atoms with E-state index in [4.69, 9.17) is 0 Å². The van der Waals surface area contributed by atoms with Crippen LogP contribution in [-0.4, -0.2) is 58.0 Å². The largest absolute Gasteiger partial charge is 0.435 e. The predicted molar refractivity (Wildman–Crippen MR) is 111 cm³/mol. The lowest BCUT2D eigenvalue weighted by molar-refractivity contribution is -0.0498. The van der Waals surface area contributed by atoms with E-state index < -0.39 is 22.7 Å². The minimum absolute atomic E-state index is 0.00610. The second-order valence-corrected chi connectivity index (χ2v) is 9.00. The van der Waals surface area contributed by atoms with Gasteiger partial charge in [0.15, 0.2) is 5.96 Å². The maximum absolute atomic E-state index is 12.2. The Labute approximate surface area is 176 Å². The van der Waals surface area contributed by atoms with Gasteiger partial charge in [-0.3, -0.25) is 4.99 Å². The Balaban J connectivity index is 1.80. The third kappa shape index (κ3) is 8.80. The normalized spacial score (nSPS) is 16.2. The van der Waals surface area contributed by atoms with Crippen molar-refractivity contribution in [2.75, 3.05) is 31.9 Å². The van der Waals surface area contributed by atoms with Crippen molar-refractivity contribution in [1.82, 2.24) is 15.4 Å². The monoisotopic (exact) mass is 448 g/mol. The van der Waals surface area contributed by atoms with Gasteiger partial charge in [-0.2, -0.15) is 8.78 Å². The Morgan fingerprint density at radius 2 is 1.97 bits per heavy atom. The standard InChI is InChI=1S/C19H30F2N4O4S/c1-2-22-19(23-10-11-30(27,28)25-12-14-4-3-5-14)24-13-17(26)15-6-8-16(9-7-15)29-18(20)21/h6-9,14,17-18,25-26H,2-5,10-13H2,1H3,(H2,22,23,24). The van der Waals surface area contributed by atoms with Gasteiger partial charge in [0.1, 0.15) is 5.75 Å². The number of hydrogen-bond donors (Lipinski definition) is 4. The quantitative estimate of drug-likeness (QED) is 0.285. The van der Waals surface area contributed by atoms with E-state index in [9.17, 15) is 22.3 Å². The molecule has 11 heteroatoms. The molecule has 4 N–H and O–H groups in total. The number of nitrogens with one attached hydrogen (secondary N) is 3. The van der Waals surface area contributed by atoms with Gasteiger partial charge in [0, 0.05) is 19.6 Å². The number of guanidine groups is 1. The minimum Gasteiger partial charge on any atom is -0.435 e. The molecule has 0 amide bonds. The molecule has 1 aromatic carbocycles. The Kier molecular flexibility index (Phi) is 9.73. The average molecular weight is 449 g/mol. The summed E-state index contributed by atoms with van der Waals surface area (Å²) in [5.41, 5.74) is 0.499. The van der Waals surface area contributed by atoms with Gasteiger partial charge in [-0.1, -0.05) is 18.6 Å². The number of aliphatic hydroxyl groups excluding tert-OH is 1.